The molecule has 23 heavy (non-hydrogen) atoms. The monoisotopic (exact) mass is 314 g/mol. The van der Waals surface area contributed by atoms with Crippen molar-refractivity contribution in [2.45, 2.75) is 13.0 Å². The van der Waals surface area contributed by atoms with Gasteiger partial charge >= 0.3 is 0 Å². The lowest BCUT2D eigenvalue weighted by Crippen LogP contribution is -2.42. The molecule has 6 nitrogen and oxygen atoms in total. The molecule has 120 valence electrons. The van der Waals surface area contributed by atoms with Gasteiger partial charge < -0.3 is 19.8 Å². The van der Waals surface area contributed by atoms with Crippen molar-refractivity contribution in [1.29, 1.82) is 0 Å². The van der Waals surface area contributed by atoms with Gasteiger partial charge in [0.05, 0.1) is 25.3 Å². The molecule has 1 aliphatic rings. The molecule has 1 unspecified atom stereocenters. The van der Waals surface area contributed by atoms with Crippen LogP contribution >= 0.6 is 0 Å². The molecule has 0 spiro atoms. The number of para-hydroxylation sites is 1. The standard InChI is InChI=1S/C17H18N2O4/c20-16(18-9-14-5-3-7-22-14)10-19-17(21)13-8-12-4-1-2-6-15(12)23-11-13/h1-7,13H,8-11H2,(H,18,20)(H,19,21). The van der Waals surface area contributed by atoms with Crippen LogP contribution in [0.4, 0.5) is 0 Å². The van der Waals surface area contributed by atoms with Gasteiger partial charge in [0.2, 0.25) is 11.8 Å². The van der Waals surface area contributed by atoms with Gasteiger partial charge in [-0.2, -0.15) is 0 Å². The van der Waals surface area contributed by atoms with Crippen LogP contribution in [0.5, 0.6) is 5.75 Å². The van der Waals surface area contributed by atoms with Gasteiger partial charge in [0.15, 0.2) is 0 Å². The highest BCUT2D eigenvalue weighted by Crippen LogP contribution is 2.26. The van der Waals surface area contributed by atoms with E-state index in [-0.39, 0.29) is 24.3 Å². The largest absolute Gasteiger partial charge is 0.492 e. The third-order valence-electron chi connectivity index (χ3n) is 3.71. The Labute approximate surface area is 133 Å². The zero-order valence-electron chi connectivity index (χ0n) is 12.6. The van der Waals surface area contributed by atoms with Crippen LogP contribution < -0.4 is 15.4 Å². The highest BCUT2D eigenvalue weighted by molar-refractivity contribution is 5.86. The molecule has 3 rings (SSSR count). The summed E-state index contributed by atoms with van der Waals surface area (Å²) in [7, 11) is 0. The summed E-state index contributed by atoms with van der Waals surface area (Å²) in [5.41, 5.74) is 1.01. The first-order chi connectivity index (χ1) is 11.2. The molecule has 6 heteroatoms. The van der Waals surface area contributed by atoms with Gasteiger partial charge in [-0.3, -0.25) is 9.59 Å². The molecule has 1 aliphatic heterocycles. The number of fused-ring (bicyclic) bond motifs is 1. The fourth-order valence-corrected chi connectivity index (χ4v) is 2.47. The second-order valence-corrected chi connectivity index (χ2v) is 5.39. The van der Waals surface area contributed by atoms with Crippen molar-refractivity contribution >= 4 is 11.8 Å². The number of amides is 2. The third-order valence-corrected chi connectivity index (χ3v) is 3.71. The fourth-order valence-electron chi connectivity index (χ4n) is 2.47. The first kappa shape index (κ1) is 15.1. The summed E-state index contributed by atoms with van der Waals surface area (Å²) in [6.07, 6.45) is 2.17. The van der Waals surface area contributed by atoms with Gasteiger partial charge in [0, 0.05) is 0 Å². The molecule has 2 heterocycles. The molecule has 1 aromatic carbocycles. The minimum absolute atomic E-state index is 0.0578. The van der Waals surface area contributed by atoms with E-state index in [2.05, 4.69) is 10.6 Å². The summed E-state index contributed by atoms with van der Waals surface area (Å²) in [5.74, 6) is 0.789. The van der Waals surface area contributed by atoms with Crippen molar-refractivity contribution in [3.63, 3.8) is 0 Å². The number of carbonyl (C=O) groups is 2. The molecule has 0 aliphatic carbocycles. The number of rotatable bonds is 5. The predicted octanol–water partition coefficient (Wildman–Crippen LogP) is 1.26. The molecule has 2 N–H and O–H groups in total. The maximum atomic E-state index is 12.2. The SMILES string of the molecule is O=C(CNC(=O)C1COc2ccccc2C1)NCc1ccco1. The van der Waals surface area contributed by atoms with Crippen molar-refractivity contribution in [2.24, 2.45) is 5.92 Å². The number of carbonyl (C=O) groups excluding carboxylic acids is 2. The van der Waals surface area contributed by atoms with Crippen LogP contribution in [0.15, 0.2) is 47.1 Å². The lowest BCUT2D eigenvalue weighted by Gasteiger charge is -2.24. The lowest BCUT2D eigenvalue weighted by atomic mass is 9.96. The van der Waals surface area contributed by atoms with Crippen LogP contribution in [-0.2, 0) is 22.6 Å². The van der Waals surface area contributed by atoms with E-state index in [0.29, 0.717) is 25.3 Å². The van der Waals surface area contributed by atoms with Crippen molar-refractivity contribution in [3.8, 4) is 5.75 Å². The van der Waals surface area contributed by atoms with Crippen molar-refractivity contribution in [1.82, 2.24) is 10.6 Å². The number of ether oxygens (including phenoxy) is 1. The van der Waals surface area contributed by atoms with E-state index >= 15 is 0 Å². The number of furan rings is 1. The average molecular weight is 314 g/mol. The van der Waals surface area contributed by atoms with E-state index in [9.17, 15) is 9.59 Å². The smallest absolute Gasteiger partial charge is 0.239 e. The van der Waals surface area contributed by atoms with Gasteiger partial charge in [0.1, 0.15) is 18.1 Å². The molecule has 0 radical (unpaired) electrons. The molecule has 1 aromatic heterocycles. The minimum atomic E-state index is -0.275. The van der Waals surface area contributed by atoms with Gasteiger partial charge in [-0.1, -0.05) is 18.2 Å². The summed E-state index contributed by atoms with van der Waals surface area (Å²) in [5, 5.41) is 5.33. The molecular weight excluding hydrogens is 296 g/mol. The first-order valence-electron chi connectivity index (χ1n) is 7.50. The molecule has 0 saturated heterocycles. The van der Waals surface area contributed by atoms with Crippen molar-refractivity contribution in [2.75, 3.05) is 13.2 Å². The highest BCUT2D eigenvalue weighted by atomic mass is 16.5. The number of nitrogens with one attached hydrogen (secondary N) is 2. The van der Waals surface area contributed by atoms with E-state index in [1.54, 1.807) is 18.4 Å². The predicted molar refractivity (Wildman–Crippen MR) is 82.7 cm³/mol. The Bertz CT molecular complexity index is 682. The summed E-state index contributed by atoms with van der Waals surface area (Å²) in [6.45, 7) is 0.580. The number of benzene rings is 1. The van der Waals surface area contributed by atoms with E-state index in [4.69, 9.17) is 9.15 Å². The normalized spacial score (nSPS) is 16.1. The second-order valence-electron chi connectivity index (χ2n) is 5.39. The lowest BCUT2D eigenvalue weighted by molar-refractivity contribution is -0.129. The van der Waals surface area contributed by atoms with Crippen LogP contribution in [0.2, 0.25) is 0 Å². The molecule has 0 saturated carbocycles. The molecule has 2 aromatic rings. The van der Waals surface area contributed by atoms with Crippen molar-refractivity contribution < 1.29 is 18.7 Å². The van der Waals surface area contributed by atoms with Crippen LogP contribution in [-0.4, -0.2) is 25.0 Å². The zero-order valence-corrected chi connectivity index (χ0v) is 12.6. The van der Waals surface area contributed by atoms with Gasteiger partial charge in [-0.15, -0.1) is 0 Å². The second kappa shape index (κ2) is 7.00. The summed E-state index contributed by atoms with van der Waals surface area (Å²) < 4.78 is 10.7. The first-order valence-corrected chi connectivity index (χ1v) is 7.50. The maximum absolute atomic E-state index is 12.2. The van der Waals surface area contributed by atoms with Crippen molar-refractivity contribution in [3.05, 3.63) is 54.0 Å². The van der Waals surface area contributed by atoms with Gasteiger partial charge in [0.25, 0.3) is 0 Å². The molecule has 1 atom stereocenters. The minimum Gasteiger partial charge on any atom is -0.492 e. The molecule has 2 amide bonds. The number of hydrogen-bond donors (Lipinski definition) is 2. The maximum Gasteiger partial charge on any atom is 0.239 e. The van der Waals surface area contributed by atoms with Crippen LogP contribution in [0, 0.1) is 5.92 Å². The Morgan fingerprint density at radius 1 is 1.13 bits per heavy atom. The van der Waals surface area contributed by atoms with E-state index in [1.165, 1.54) is 0 Å². The number of hydrogen-bond acceptors (Lipinski definition) is 4. The summed E-state index contributed by atoms with van der Waals surface area (Å²) in [4.78, 5) is 23.9. The molecular formula is C17H18N2O4. The Kier molecular flexibility index (Phi) is 4.61. The fraction of sp³-hybridized carbons (Fsp3) is 0.294. The van der Waals surface area contributed by atoms with Crippen LogP contribution in [0.3, 0.4) is 0 Å². The molecule has 0 bridgehead atoms. The Morgan fingerprint density at radius 2 is 2.00 bits per heavy atom. The van der Waals surface area contributed by atoms with E-state index in [1.807, 2.05) is 24.3 Å². The average Bonchev–Trinajstić information content (AvgIpc) is 3.11. The third kappa shape index (κ3) is 3.91. The quantitative estimate of drug-likeness (QED) is 0.871. The summed E-state index contributed by atoms with van der Waals surface area (Å²) in [6, 6.07) is 11.2. The van der Waals surface area contributed by atoms with Crippen LogP contribution in [0.25, 0.3) is 0 Å². The van der Waals surface area contributed by atoms with E-state index in [0.717, 1.165) is 11.3 Å². The van der Waals surface area contributed by atoms with Crippen LogP contribution in [0.1, 0.15) is 11.3 Å². The Balaban J connectivity index is 1.44. The molecule has 0 fully saturated rings. The van der Waals surface area contributed by atoms with Gasteiger partial charge in [-0.05, 0) is 30.2 Å². The Hall–Kier alpha value is -2.76. The summed E-state index contributed by atoms with van der Waals surface area (Å²) >= 11 is 0. The zero-order chi connectivity index (χ0) is 16.1. The van der Waals surface area contributed by atoms with E-state index < -0.39 is 0 Å². The van der Waals surface area contributed by atoms with Gasteiger partial charge in [-0.25, -0.2) is 0 Å². The topological polar surface area (TPSA) is 80.6 Å². The Morgan fingerprint density at radius 3 is 2.83 bits per heavy atom. The highest BCUT2D eigenvalue weighted by Gasteiger charge is 2.25.